The number of rotatable bonds is 5. The molecule has 90 valence electrons. The van der Waals surface area contributed by atoms with E-state index in [0.29, 0.717) is 0 Å². The van der Waals surface area contributed by atoms with E-state index >= 15 is 0 Å². The third-order valence-corrected chi connectivity index (χ3v) is 3.79. The van der Waals surface area contributed by atoms with E-state index in [2.05, 4.69) is 11.9 Å². The topological polar surface area (TPSA) is 33.1 Å². The van der Waals surface area contributed by atoms with Crippen LogP contribution in [0.3, 0.4) is 0 Å². The van der Waals surface area contributed by atoms with Crippen LogP contribution in [-0.2, 0) is 6.61 Å². The number of nitrogens with zero attached hydrogens (tertiary/aromatic N) is 1. The molecule has 0 saturated carbocycles. The minimum Gasteiger partial charge on any atom is -0.392 e. The van der Waals surface area contributed by atoms with Gasteiger partial charge in [0.05, 0.1) is 12.1 Å². The van der Waals surface area contributed by atoms with E-state index in [1.807, 2.05) is 30.3 Å². The monoisotopic (exact) mass is 247 g/mol. The van der Waals surface area contributed by atoms with Gasteiger partial charge < -0.3 is 5.11 Å². The highest BCUT2D eigenvalue weighted by Gasteiger charge is 2.06. The van der Waals surface area contributed by atoms with E-state index in [9.17, 15) is 5.11 Å². The lowest BCUT2D eigenvalue weighted by Gasteiger charge is -2.08. The summed E-state index contributed by atoms with van der Waals surface area (Å²) in [7, 11) is 0. The van der Waals surface area contributed by atoms with Gasteiger partial charge in [-0.05, 0) is 24.3 Å². The molecule has 2 aromatic rings. The predicted octanol–water partition coefficient (Wildman–Crippen LogP) is 3.62. The highest BCUT2D eigenvalue weighted by atomic mass is 32.2. The molecule has 0 unspecified atom stereocenters. The maximum absolute atomic E-state index is 9.38. The van der Waals surface area contributed by atoms with Crippen molar-refractivity contribution in [1.82, 2.24) is 4.98 Å². The van der Waals surface area contributed by atoms with Crippen LogP contribution in [0.15, 0.2) is 35.4 Å². The third-order valence-electron chi connectivity index (χ3n) is 2.67. The van der Waals surface area contributed by atoms with Crippen molar-refractivity contribution in [3.05, 3.63) is 35.9 Å². The Morgan fingerprint density at radius 1 is 1.29 bits per heavy atom. The summed E-state index contributed by atoms with van der Waals surface area (Å²) in [5.41, 5.74) is 1.94. The molecule has 0 atom stereocenters. The van der Waals surface area contributed by atoms with Crippen molar-refractivity contribution in [3.63, 3.8) is 0 Å². The summed E-state index contributed by atoms with van der Waals surface area (Å²) in [5, 5.41) is 11.4. The maximum Gasteiger partial charge on any atom is 0.102 e. The van der Waals surface area contributed by atoms with Crippen molar-refractivity contribution in [2.75, 3.05) is 5.75 Å². The molecule has 0 bridgehead atoms. The molecule has 0 aliphatic heterocycles. The van der Waals surface area contributed by atoms with Crippen molar-refractivity contribution < 1.29 is 5.11 Å². The number of fused-ring (bicyclic) bond motifs is 1. The number of pyridine rings is 1. The van der Waals surface area contributed by atoms with Crippen molar-refractivity contribution in [2.45, 2.75) is 31.4 Å². The molecule has 2 nitrogen and oxygen atoms in total. The van der Waals surface area contributed by atoms with Crippen LogP contribution >= 0.6 is 11.8 Å². The van der Waals surface area contributed by atoms with E-state index in [4.69, 9.17) is 0 Å². The van der Waals surface area contributed by atoms with Crippen LogP contribution in [0.25, 0.3) is 10.9 Å². The Morgan fingerprint density at radius 3 is 2.88 bits per heavy atom. The zero-order valence-corrected chi connectivity index (χ0v) is 10.8. The Kier molecular flexibility index (Phi) is 4.40. The van der Waals surface area contributed by atoms with Gasteiger partial charge in [-0.25, -0.2) is 4.98 Å². The van der Waals surface area contributed by atoms with Crippen molar-refractivity contribution in [3.8, 4) is 0 Å². The summed E-state index contributed by atoms with van der Waals surface area (Å²) >= 11 is 1.74. The fourth-order valence-corrected chi connectivity index (χ4v) is 2.79. The fourth-order valence-electron chi connectivity index (χ4n) is 1.69. The molecule has 3 heteroatoms. The lowest BCUT2D eigenvalue weighted by Crippen LogP contribution is -1.93. The van der Waals surface area contributed by atoms with Crippen LogP contribution in [-0.4, -0.2) is 15.8 Å². The van der Waals surface area contributed by atoms with Gasteiger partial charge in [-0.3, -0.25) is 0 Å². The Labute approximate surface area is 106 Å². The number of benzene rings is 1. The fraction of sp³-hybridized carbons (Fsp3) is 0.357. The van der Waals surface area contributed by atoms with Crippen molar-refractivity contribution in [2.24, 2.45) is 0 Å². The van der Waals surface area contributed by atoms with E-state index in [-0.39, 0.29) is 6.61 Å². The zero-order valence-electron chi connectivity index (χ0n) is 10.0. The van der Waals surface area contributed by atoms with Gasteiger partial charge in [0, 0.05) is 10.9 Å². The normalized spacial score (nSPS) is 10.9. The predicted molar refractivity (Wildman–Crippen MR) is 73.3 cm³/mol. The van der Waals surface area contributed by atoms with Gasteiger partial charge in [-0.2, -0.15) is 0 Å². The van der Waals surface area contributed by atoms with Crippen LogP contribution in [0.4, 0.5) is 0 Å². The van der Waals surface area contributed by atoms with E-state index in [0.717, 1.165) is 27.2 Å². The molecule has 17 heavy (non-hydrogen) atoms. The minimum absolute atomic E-state index is 0.0618. The third kappa shape index (κ3) is 2.99. The average molecular weight is 247 g/mol. The first-order valence-corrected chi connectivity index (χ1v) is 6.96. The summed E-state index contributed by atoms with van der Waals surface area (Å²) in [5.74, 6) is 1.06. The van der Waals surface area contributed by atoms with Crippen LogP contribution in [0.1, 0.15) is 25.3 Å². The number of aromatic nitrogens is 1. The molecule has 1 N–H and O–H groups in total. The highest BCUT2D eigenvalue weighted by Crippen LogP contribution is 2.25. The number of hydrogen-bond acceptors (Lipinski definition) is 3. The molecule has 0 radical (unpaired) electrons. The lowest BCUT2D eigenvalue weighted by atomic mass is 10.2. The molecule has 0 fully saturated rings. The van der Waals surface area contributed by atoms with Gasteiger partial charge in [0.15, 0.2) is 0 Å². The maximum atomic E-state index is 9.38. The number of unbranched alkanes of at least 4 members (excludes halogenated alkanes) is 1. The van der Waals surface area contributed by atoms with Crippen molar-refractivity contribution >= 4 is 22.7 Å². The standard InChI is InChI=1S/C14H17NOS/c1-2-3-8-17-14-12(10-16)9-11-6-4-5-7-13(11)15-14/h4-7,9,16H,2-3,8,10H2,1H3. The van der Waals surface area contributed by atoms with Crippen LogP contribution in [0.2, 0.25) is 0 Å². The molecule has 0 aliphatic rings. The Morgan fingerprint density at radius 2 is 2.12 bits per heavy atom. The van der Waals surface area contributed by atoms with E-state index in [1.165, 1.54) is 12.8 Å². The van der Waals surface area contributed by atoms with Gasteiger partial charge in [0.2, 0.25) is 0 Å². The molecule has 0 saturated heterocycles. The first kappa shape index (κ1) is 12.4. The number of aliphatic hydroxyl groups excluding tert-OH is 1. The van der Waals surface area contributed by atoms with Crippen molar-refractivity contribution in [1.29, 1.82) is 0 Å². The van der Waals surface area contributed by atoms with Crippen LogP contribution in [0.5, 0.6) is 0 Å². The smallest absolute Gasteiger partial charge is 0.102 e. The molecule has 0 spiro atoms. The second-order valence-electron chi connectivity index (χ2n) is 4.01. The summed E-state index contributed by atoms with van der Waals surface area (Å²) in [4.78, 5) is 4.62. The SMILES string of the molecule is CCCCSc1nc2ccccc2cc1CO. The van der Waals surface area contributed by atoms with Crippen LogP contribution < -0.4 is 0 Å². The Balaban J connectivity index is 2.32. The quantitative estimate of drug-likeness (QED) is 0.647. The van der Waals surface area contributed by atoms with Crippen LogP contribution in [0, 0.1) is 0 Å². The summed E-state index contributed by atoms with van der Waals surface area (Å²) in [6, 6.07) is 10.1. The molecular formula is C14H17NOS. The first-order chi connectivity index (χ1) is 8.35. The van der Waals surface area contributed by atoms with Gasteiger partial charge in [0.1, 0.15) is 5.03 Å². The van der Waals surface area contributed by atoms with Gasteiger partial charge >= 0.3 is 0 Å². The first-order valence-electron chi connectivity index (χ1n) is 5.97. The zero-order chi connectivity index (χ0) is 12.1. The largest absolute Gasteiger partial charge is 0.392 e. The van der Waals surface area contributed by atoms with E-state index in [1.54, 1.807) is 11.8 Å². The molecule has 1 aromatic heterocycles. The Bertz CT molecular complexity index is 499. The average Bonchev–Trinajstić information content (AvgIpc) is 2.38. The van der Waals surface area contributed by atoms with Gasteiger partial charge in [-0.15, -0.1) is 11.8 Å². The van der Waals surface area contributed by atoms with Gasteiger partial charge in [-0.1, -0.05) is 31.5 Å². The number of hydrogen-bond donors (Lipinski definition) is 1. The molecule has 1 heterocycles. The minimum atomic E-state index is 0.0618. The second-order valence-corrected chi connectivity index (χ2v) is 5.09. The molecular weight excluding hydrogens is 230 g/mol. The molecule has 0 aliphatic carbocycles. The number of para-hydroxylation sites is 1. The van der Waals surface area contributed by atoms with Gasteiger partial charge in [0.25, 0.3) is 0 Å². The summed E-state index contributed by atoms with van der Waals surface area (Å²) in [6.45, 7) is 2.24. The molecule has 2 rings (SSSR count). The Hall–Kier alpha value is -1.06. The summed E-state index contributed by atoms with van der Waals surface area (Å²) in [6.07, 6.45) is 2.37. The molecule has 0 amide bonds. The summed E-state index contributed by atoms with van der Waals surface area (Å²) < 4.78 is 0. The number of thioether (sulfide) groups is 1. The highest BCUT2D eigenvalue weighted by molar-refractivity contribution is 7.99. The molecule has 1 aromatic carbocycles. The lowest BCUT2D eigenvalue weighted by molar-refractivity contribution is 0.278. The van der Waals surface area contributed by atoms with E-state index < -0.39 is 0 Å². The second kappa shape index (κ2) is 6.03. The number of aliphatic hydroxyl groups is 1.